The minimum Gasteiger partial charge on any atom is -0.377 e. The Hall–Kier alpha value is -3.22. The van der Waals surface area contributed by atoms with Gasteiger partial charge in [0.15, 0.2) is 0 Å². The molecule has 32 heavy (non-hydrogen) atoms. The lowest BCUT2D eigenvalue weighted by Crippen LogP contribution is -2.34. The highest BCUT2D eigenvalue weighted by atomic mass is 19.1. The van der Waals surface area contributed by atoms with E-state index in [-0.39, 0.29) is 5.56 Å². The molecule has 0 spiro atoms. The van der Waals surface area contributed by atoms with Gasteiger partial charge in [-0.15, -0.1) is 0 Å². The molecular weight excluding hydrogens is 410 g/mol. The summed E-state index contributed by atoms with van der Waals surface area (Å²) in [6.45, 7) is 0.503. The summed E-state index contributed by atoms with van der Waals surface area (Å²) >= 11 is 0. The van der Waals surface area contributed by atoms with Crippen LogP contribution in [0.1, 0.15) is 36.0 Å². The van der Waals surface area contributed by atoms with Gasteiger partial charge in [-0.05, 0) is 49.8 Å². The van der Waals surface area contributed by atoms with Gasteiger partial charge in [0.2, 0.25) is 0 Å². The number of carbonyl (C=O) groups excluding carboxylic acids is 1. The maximum atomic E-state index is 13.3. The number of hydrogen-bond acceptors (Lipinski definition) is 4. The molecule has 0 unspecified atom stereocenters. The summed E-state index contributed by atoms with van der Waals surface area (Å²) in [7, 11) is 4.06. The first kappa shape index (κ1) is 22.0. The van der Waals surface area contributed by atoms with Crippen molar-refractivity contribution in [3.05, 3.63) is 65.7 Å². The summed E-state index contributed by atoms with van der Waals surface area (Å²) in [5.41, 5.74) is 2.10. The molecule has 1 aliphatic carbocycles. The van der Waals surface area contributed by atoms with Gasteiger partial charge in [0.25, 0.3) is 5.91 Å². The number of anilines is 2. The number of rotatable bonds is 6. The van der Waals surface area contributed by atoms with Gasteiger partial charge in [0.05, 0.1) is 5.52 Å². The number of para-hydroxylation sites is 1. The zero-order valence-corrected chi connectivity index (χ0v) is 18.4. The molecule has 2 aromatic carbocycles. The predicted molar refractivity (Wildman–Crippen MR) is 124 cm³/mol. The number of halogens is 2. The van der Waals surface area contributed by atoms with E-state index < -0.39 is 17.5 Å². The summed E-state index contributed by atoms with van der Waals surface area (Å²) in [5.74, 6) is -0.724. The molecule has 3 aromatic rings. The zero-order valence-electron chi connectivity index (χ0n) is 18.4. The van der Waals surface area contributed by atoms with Crippen molar-refractivity contribution in [1.82, 2.24) is 10.3 Å². The van der Waals surface area contributed by atoms with Crippen LogP contribution in [0.15, 0.2) is 48.5 Å². The SMILES string of the molecule is CN(C)c1cc(N[C@H]2CC[C@@H](CNC(=O)c3cc(F)cc(F)c3)CC2)nc2ccccc12. The van der Waals surface area contributed by atoms with Crippen LogP contribution in [0.3, 0.4) is 0 Å². The normalized spacial score (nSPS) is 18.4. The van der Waals surface area contributed by atoms with Crippen molar-refractivity contribution in [2.24, 2.45) is 5.92 Å². The second kappa shape index (κ2) is 9.51. The molecule has 1 aliphatic rings. The van der Waals surface area contributed by atoms with Gasteiger partial charge in [-0.1, -0.05) is 18.2 Å². The van der Waals surface area contributed by atoms with Gasteiger partial charge in [0, 0.05) is 55.5 Å². The number of carbonyl (C=O) groups is 1. The Balaban J connectivity index is 1.32. The van der Waals surface area contributed by atoms with E-state index in [4.69, 9.17) is 4.98 Å². The van der Waals surface area contributed by atoms with E-state index in [0.717, 1.165) is 66.3 Å². The number of hydrogen-bond donors (Lipinski definition) is 2. The molecule has 2 N–H and O–H groups in total. The summed E-state index contributed by atoms with van der Waals surface area (Å²) in [6, 6.07) is 13.4. The molecule has 0 bridgehead atoms. The first-order chi connectivity index (χ1) is 15.4. The number of amides is 1. The van der Waals surface area contributed by atoms with Gasteiger partial charge in [-0.3, -0.25) is 4.79 Å². The van der Waals surface area contributed by atoms with Gasteiger partial charge < -0.3 is 15.5 Å². The van der Waals surface area contributed by atoms with Crippen molar-refractivity contribution in [2.45, 2.75) is 31.7 Å². The lowest BCUT2D eigenvalue weighted by atomic mass is 9.86. The number of aromatic nitrogens is 1. The number of nitrogens with zero attached hydrogens (tertiary/aromatic N) is 2. The summed E-state index contributed by atoms with van der Waals surface area (Å²) in [6.07, 6.45) is 3.87. The van der Waals surface area contributed by atoms with E-state index in [1.807, 2.05) is 32.3 Å². The molecule has 168 valence electrons. The Bertz CT molecular complexity index is 1090. The van der Waals surface area contributed by atoms with Crippen molar-refractivity contribution in [1.29, 1.82) is 0 Å². The third kappa shape index (κ3) is 5.15. The third-order valence-electron chi connectivity index (χ3n) is 6.05. The fourth-order valence-electron chi connectivity index (χ4n) is 4.35. The molecule has 1 amide bonds. The molecule has 0 atom stereocenters. The van der Waals surface area contributed by atoms with Gasteiger partial charge in [-0.2, -0.15) is 0 Å². The van der Waals surface area contributed by atoms with E-state index in [0.29, 0.717) is 18.5 Å². The molecule has 0 radical (unpaired) electrons. The van der Waals surface area contributed by atoms with Crippen LogP contribution in [0.5, 0.6) is 0 Å². The monoisotopic (exact) mass is 438 g/mol. The second-order valence-electron chi connectivity index (χ2n) is 8.67. The number of benzene rings is 2. The average Bonchev–Trinajstić information content (AvgIpc) is 2.77. The van der Waals surface area contributed by atoms with E-state index in [1.54, 1.807) is 0 Å². The first-order valence-electron chi connectivity index (χ1n) is 11.0. The maximum absolute atomic E-state index is 13.3. The van der Waals surface area contributed by atoms with E-state index >= 15 is 0 Å². The second-order valence-corrected chi connectivity index (χ2v) is 8.67. The van der Waals surface area contributed by atoms with Crippen LogP contribution in [-0.4, -0.2) is 37.6 Å². The van der Waals surface area contributed by atoms with Crippen LogP contribution in [-0.2, 0) is 0 Å². The summed E-state index contributed by atoms with van der Waals surface area (Å²) in [4.78, 5) is 19.1. The van der Waals surface area contributed by atoms with Crippen molar-refractivity contribution in [3.8, 4) is 0 Å². The predicted octanol–water partition coefficient (Wildman–Crippen LogP) is 4.98. The largest absolute Gasteiger partial charge is 0.377 e. The van der Waals surface area contributed by atoms with Crippen molar-refractivity contribution < 1.29 is 13.6 Å². The molecule has 1 heterocycles. The topological polar surface area (TPSA) is 57.3 Å². The van der Waals surface area contributed by atoms with Crippen LogP contribution in [0.4, 0.5) is 20.3 Å². The molecular formula is C25H28F2N4O. The van der Waals surface area contributed by atoms with Crippen molar-refractivity contribution >= 4 is 28.3 Å². The van der Waals surface area contributed by atoms with Gasteiger partial charge in [-0.25, -0.2) is 13.8 Å². The minimum absolute atomic E-state index is 0.0110. The molecule has 1 fully saturated rings. The lowest BCUT2D eigenvalue weighted by Gasteiger charge is -2.30. The van der Waals surface area contributed by atoms with Crippen LogP contribution in [0.2, 0.25) is 0 Å². The smallest absolute Gasteiger partial charge is 0.251 e. The number of fused-ring (bicyclic) bond motifs is 1. The van der Waals surface area contributed by atoms with E-state index in [1.165, 1.54) is 0 Å². The third-order valence-corrected chi connectivity index (χ3v) is 6.05. The Morgan fingerprint density at radius 3 is 2.41 bits per heavy atom. The van der Waals surface area contributed by atoms with Gasteiger partial charge in [0.1, 0.15) is 17.5 Å². The molecule has 7 heteroatoms. The van der Waals surface area contributed by atoms with Crippen LogP contribution in [0, 0.1) is 17.6 Å². The summed E-state index contributed by atoms with van der Waals surface area (Å²) in [5, 5.41) is 7.53. The standard InChI is InChI=1S/C25H28F2N4O/c1-31(2)23-14-24(30-22-6-4-3-5-21(22)23)29-20-9-7-16(8-10-20)15-28-25(32)17-11-18(26)13-19(27)12-17/h3-6,11-14,16,20H,7-10,15H2,1-2H3,(H,28,32)(H,29,30)/t16-,20+. The van der Waals surface area contributed by atoms with Crippen LogP contribution in [0.25, 0.3) is 10.9 Å². The maximum Gasteiger partial charge on any atom is 0.251 e. The molecule has 0 saturated heterocycles. The zero-order chi connectivity index (χ0) is 22.7. The molecule has 4 rings (SSSR count). The highest BCUT2D eigenvalue weighted by Gasteiger charge is 2.22. The van der Waals surface area contributed by atoms with E-state index in [2.05, 4.69) is 27.7 Å². The Labute approximate surface area is 186 Å². The molecule has 1 saturated carbocycles. The number of nitrogens with one attached hydrogen (secondary N) is 2. The Morgan fingerprint density at radius 1 is 1.03 bits per heavy atom. The lowest BCUT2D eigenvalue weighted by molar-refractivity contribution is 0.0942. The van der Waals surface area contributed by atoms with Crippen LogP contribution < -0.4 is 15.5 Å². The fourth-order valence-corrected chi connectivity index (χ4v) is 4.35. The van der Waals surface area contributed by atoms with Gasteiger partial charge >= 0.3 is 0 Å². The van der Waals surface area contributed by atoms with E-state index in [9.17, 15) is 13.6 Å². The average molecular weight is 439 g/mol. The highest BCUT2D eigenvalue weighted by Crippen LogP contribution is 2.30. The quantitative estimate of drug-likeness (QED) is 0.570. The number of pyridine rings is 1. The minimum atomic E-state index is -0.749. The molecule has 0 aliphatic heterocycles. The summed E-state index contributed by atoms with van der Waals surface area (Å²) < 4.78 is 26.7. The van der Waals surface area contributed by atoms with Crippen molar-refractivity contribution in [2.75, 3.05) is 30.9 Å². The first-order valence-corrected chi connectivity index (χ1v) is 11.0. The van der Waals surface area contributed by atoms with Crippen LogP contribution >= 0.6 is 0 Å². The Kier molecular flexibility index (Phi) is 6.53. The molecule has 1 aromatic heterocycles. The fraction of sp³-hybridized carbons (Fsp3) is 0.360. The van der Waals surface area contributed by atoms with Crippen molar-refractivity contribution in [3.63, 3.8) is 0 Å². The highest BCUT2D eigenvalue weighted by molar-refractivity contribution is 5.94. The molecule has 5 nitrogen and oxygen atoms in total. The Morgan fingerprint density at radius 2 is 1.72 bits per heavy atom.